The van der Waals surface area contributed by atoms with Crippen LogP contribution >= 0.6 is 0 Å². The minimum Gasteiger partial charge on any atom is -0.463 e. The first kappa shape index (κ1) is 60.0. The lowest BCUT2D eigenvalue weighted by Crippen LogP contribution is -2.15. The van der Waals surface area contributed by atoms with E-state index in [1.165, 1.54) is 96.3 Å². The van der Waals surface area contributed by atoms with E-state index in [1.54, 1.807) is 0 Å². The van der Waals surface area contributed by atoms with Crippen LogP contribution < -0.4 is 0 Å². The Morgan fingerprint density at radius 2 is 0.426 bits per heavy atom. The number of carbonyl (C=O) groups is 1. The maximum atomic E-state index is 11.9. The Morgan fingerprint density at radius 1 is 0.230 bits per heavy atom. The molecule has 14 nitrogen and oxygen atoms in total. The molecule has 0 amide bonds. The van der Waals surface area contributed by atoms with Gasteiger partial charge in [0, 0.05) is 13.0 Å². The van der Waals surface area contributed by atoms with Gasteiger partial charge in [0.1, 0.15) is 6.61 Å². The van der Waals surface area contributed by atoms with Crippen LogP contribution in [0.15, 0.2) is 0 Å². The number of ether oxygens (including phenoxy) is 13. The first-order chi connectivity index (χ1) is 30.3. The molecule has 0 aromatic heterocycles. The molecule has 0 spiro atoms. The number of rotatable bonds is 56. The van der Waals surface area contributed by atoms with Crippen molar-refractivity contribution in [1.29, 1.82) is 0 Å². The van der Waals surface area contributed by atoms with Gasteiger partial charge < -0.3 is 61.6 Å². The Balaban J connectivity index is 3.12. The van der Waals surface area contributed by atoms with Crippen LogP contribution in [0.1, 0.15) is 136 Å². The van der Waals surface area contributed by atoms with Gasteiger partial charge in [0.2, 0.25) is 0 Å². The predicted octanol–water partition coefficient (Wildman–Crippen LogP) is 8.18. The molecule has 0 N–H and O–H groups in total. The Hall–Kier alpha value is -1.01. The molecule has 0 fully saturated rings. The van der Waals surface area contributed by atoms with Crippen molar-refractivity contribution in [1.82, 2.24) is 0 Å². The van der Waals surface area contributed by atoms with Crippen LogP contribution in [0.5, 0.6) is 0 Å². The average Bonchev–Trinajstić information content (AvgIpc) is 3.27. The number of carbonyl (C=O) groups excluding carboxylic acids is 1. The molecule has 0 aromatic carbocycles. The molecule has 0 saturated heterocycles. The second-order valence-electron chi connectivity index (χ2n) is 15.0. The lowest BCUT2D eigenvalue weighted by molar-refractivity contribution is -0.145. The van der Waals surface area contributed by atoms with Gasteiger partial charge in [-0.2, -0.15) is 0 Å². The van der Waals surface area contributed by atoms with Crippen molar-refractivity contribution in [2.45, 2.75) is 136 Å². The topological polar surface area (TPSA) is 137 Å². The lowest BCUT2D eigenvalue weighted by Gasteiger charge is -2.09. The maximum absolute atomic E-state index is 11.9. The van der Waals surface area contributed by atoms with Crippen LogP contribution in [0.3, 0.4) is 0 Å². The van der Waals surface area contributed by atoms with E-state index in [4.69, 9.17) is 61.6 Å². The second-order valence-corrected chi connectivity index (χ2v) is 15.0. The molecule has 61 heavy (non-hydrogen) atoms. The molecule has 0 unspecified atom stereocenters. The molecule has 14 heteroatoms. The Morgan fingerprint density at radius 3 is 0.689 bits per heavy atom. The third kappa shape index (κ3) is 57.0. The predicted molar refractivity (Wildman–Crippen MR) is 240 cm³/mol. The van der Waals surface area contributed by atoms with Crippen molar-refractivity contribution in [2.75, 3.05) is 165 Å². The fourth-order valence-electron chi connectivity index (χ4n) is 5.90. The van der Waals surface area contributed by atoms with Gasteiger partial charge in [0.25, 0.3) is 0 Å². The van der Waals surface area contributed by atoms with Gasteiger partial charge in [-0.05, 0) is 12.8 Å². The van der Waals surface area contributed by atoms with E-state index in [0.29, 0.717) is 158 Å². The fraction of sp³-hybridized carbons (Fsp3) is 0.979. The highest BCUT2D eigenvalue weighted by molar-refractivity contribution is 5.69. The number of esters is 1. The SMILES string of the molecule is CCCCCCCCCCCCCCCCCC(=O)OCCOCCOCCOCCOCCOCCOCCOCCOCCOCCOCCOCCOCCCCC. The Labute approximate surface area is 372 Å². The number of unbranched alkanes of at least 4 members (excludes halogenated alkanes) is 16. The van der Waals surface area contributed by atoms with Crippen molar-refractivity contribution in [3.63, 3.8) is 0 Å². The zero-order valence-corrected chi connectivity index (χ0v) is 39.3. The summed E-state index contributed by atoms with van der Waals surface area (Å²) in [6, 6.07) is 0. The molecular formula is C47H94O14. The lowest BCUT2D eigenvalue weighted by atomic mass is 10.0. The number of hydrogen-bond donors (Lipinski definition) is 0. The van der Waals surface area contributed by atoms with E-state index in [-0.39, 0.29) is 12.6 Å². The van der Waals surface area contributed by atoms with Crippen LogP contribution in [0.4, 0.5) is 0 Å². The van der Waals surface area contributed by atoms with Gasteiger partial charge in [-0.25, -0.2) is 0 Å². The minimum atomic E-state index is -0.130. The standard InChI is InChI=1S/C47H94O14/c1-3-5-7-8-9-10-11-12-13-14-15-16-17-18-19-21-47(48)61-46-45-60-44-43-59-42-41-58-40-39-57-38-37-56-36-35-55-34-33-54-32-31-53-30-29-52-28-27-51-26-25-50-24-23-49-22-20-6-4-2/h3-46H2,1-2H3. The highest BCUT2D eigenvalue weighted by Gasteiger charge is 2.03. The monoisotopic (exact) mass is 883 g/mol. The zero-order chi connectivity index (χ0) is 43.9. The minimum absolute atomic E-state index is 0.130. The molecule has 0 radical (unpaired) electrons. The van der Waals surface area contributed by atoms with Crippen molar-refractivity contribution in [2.24, 2.45) is 0 Å². The largest absolute Gasteiger partial charge is 0.463 e. The molecule has 0 aliphatic heterocycles. The third-order valence-electron chi connectivity index (χ3n) is 9.46. The molecule has 0 bridgehead atoms. The highest BCUT2D eigenvalue weighted by Crippen LogP contribution is 2.14. The van der Waals surface area contributed by atoms with Crippen molar-refractivity contribution < 1.29 is 66.4 Å². The third-order valence-corrected chi connectivity index (χ3v) is 9.46. The van der Waals surface area contributed by atoms with Gasteiger partial charge in [0.05, 0.1) is 152 Å². The molecule has 0 heterocycles. The van der Waals surface area contributed by atoms with Crippen LogP contribution in [-0.2, 0) is 66.4 Å². The first-order valence-electron chi connectivity index (χ1n) is 24.4. The fourth-order valence-corrected chi connectivity index (χ4v) is 5.90. The molecule has 0 aliphatic carbocycles. The normalized spacial score (nSPS) is 11.6. The van der Waals surface area contributed by atoms with Crippen molar-refractivity contribution in [3.05, 3.63) is 0 Å². The molecule has 366 valence electrons. The van der Waals surface area contributed by atoms with Crippen molar-refractivity contribution in [3.8, 4) is 0 Å². The van der Waals surface area contributed by atoms with Gasteiger partial charge in [0.15, 0.2) is 0 Å². The van der Waals surface area contributed by atoms with Crippen LogP contribution in [-0.4, -0.2) is 171 Å². The van der Waals surface area contributed by atoms with E-state index in [1.807, 2.05) is 0 Å². The summed E-state index contributed by atoms with van der Waals surface area (Å²) in [6.45, 7) is 17.3. The first-order valence-corrected chi connectivity index (χ1v) is 24.4. The summed E-state index contributed by atoms with van der Waals surface area (Å²) in [6.07, 6.45) is 23.8. The van der Waals surface area contributed by atoms with E-state index in [9.17, 15) is 4.79 Å². The molecule has 0 aromatic rings. The second kappa shape index (κ2) is 57.0. The maximum Gasteiger partial charge on any atom is 0.305 e. The van der Waals surface area contributed by atoms with Gasteiger partial charge >= 0.3 is 5.97 Å². The summed E-state index contributed by atoms with van der Waals surface area (Å²) in [4.78, 5) is 11.9. The Kier molecular flexibility index (Phi) is 56.1. The quantitative estimate of drug-likeness (QED) is 0.0429. The summed E-state index contributed by atoms with van der Waals surface area (Å²) >= 11 is 0. The highest BCUT2D eigenvalue weighted by atomic mass is 16.6. The summed E-state index contributed by atoms with van der Waals surface area (Å²) in [5, 5.41) is 0. The van der Waals surface area contributed by atoms with Gasteiger partial charge in [-0.15, -0.1) is 0 Å². The van der Waals surface area contributed by atoms with Gasteiger partial charge in [-0.1, -0.05) is 117 Å². The van der Waals surface area contributed by atoms with E-state index in [2.05, 4.69) is 13.8 Å². The molecule has 0 aliphatic rings. The Bertz CT molecular complexity index is 797. The molecular weight excluding hydrogens is 789 g/mol. The molecule has 0 saturated carbocycles. The smallest absolute Gasteiger partial charge is 0.305 e. The van der Waals surface area contributed by atoms with Crippen LogP contribution in [0.25, 0.3) is 0 Å². The molecule has 0 atom stereocenters. The number of hydrogen-bond acceptors (Lipinski definition) is 14. The van der Waals surface area contributed by atoms with E-state index < -0.39 is 0 Å². The van der Waals surface area contributed by atoms with E-state index in [0.717, 1.165) is 25.9 Å². The summed E-state index contributed by atoms with van der Waals surface area (Å²) in [5.74, 6) is -0.130. The summed E-state index contributed by atoms with van der Waals surface area (Å²) < 4.78 is 71.3. The van der Waals surface area contributed by atoms with Crippen molar-refractivity contribution >= 4 is 5.97 Å². The molecule has 0 rings (SSSR count). The summed E-state index contributed by atoms with van der Waals surface area (Å²) in [5.41, 5.74) is 0. The van der Waals surface area contributed by atoms with Crippen LogP contribution in [0.2, 0.25) is 0 Å². The summed E-state index contributed by atoms with van der Waals surface area (Å²) in [7, 11) is 0. The van der Waals surface area contributed by atoms with Gasteiger partial charge in [-0.3, -0.25) is 4.79 Å². The van der Waals surface area contributed by atoms with E-state index >= 15 is 0 Å². The van der Waals surface area contributed by atoms with Crippen LogP contribution in [0, 0.1) is 0 Å². The average molecular weight is 883 g/mol. The zero-order valence-electron chi connectivity index (χ0n) is 39.3.